The number of fused-ring (bicyclic) bond motifs is 13. The van der Waals surface area contributed by atoms with Gasteiger partial charge in [-0.3, -0.25) is 0 Å². The molecule has 0 atom stereocenters. The van der Waals surface area contributed by atoms with Crippen molar-refractivity contribution in [3.63, 3.8) is 0 Å². The Labute approximate surface area is 263 Å². The first-order valence-corrected chi connectivity index (χ1v) is 15.9. The average molecular weight is 575 g/mol. The van der Waals surface area contributed by atoms with Crippen molar-refractivity contribution >= 4 is 63.3 Å². The van der Waals surface area contributed by atoms with Gasteiger partial charge < -0.3 is 14.4 Å². The molecule has 3 nitrogen and oxygen atoms in total. The lowest BCUT2D eigenvalue weighted by Crippen LogP contribution is -2.67. The Hall–Kier alpha value is -5.15. The monoisotopic (exact) mass is 575 g/mol. The topological polar surface area (TPSA) is 21.7 Å². The highest BCUT2D eigenvalue weighted by molar-refractivity contribution is 7.03. The van der Waals surface area contributed by atoms with Crippen molar-refractivity contribution in [1.29, 1.82) is 0 Å². The minimum Gasteiger partial charge on any atom is -0.458 e. The van der Waals surface area contributed by atoms with Gasteiger partial charge in [-0.2, -0.15) is 0 Å². The van der Waals surface area contributed by atoms with Crippen molar-refractivity contribution < 1.29 is 9.47 Å². The summed E-state index contributed by atoms with van der Waals surface area (Å²) >= 11 is 0. The highest BCUT2D eigenvalue weighted by Crippen LogP contribution is 2.52. The second-order valence-corrected chi connectivity index (χ2v) is 13.6. The van der Waals surface area contributed by atoms with Crippen LogP contribution in [-0.4, -0.2) is 13.4 Å². The molecule has 0 amide bonds. The fourth-order valence-corrected chi connectivity index (χ4v) is 9.19. The first-order chi connectivity index (χ1) is 22.0. The average Bonchev–Trinajstić information content (AvgIpc) is 3.30. The van der Waals surface area contributed by atoms with E-state index >= 15 is 0 Å². The van der Waals surface area contributed by atoms with Gasteiger partial charge in [0.25, 0.3) is 13.4 Å². The molecule has 0 radical (unpaired) electrons. The van der Waals surface area contributed by atoms with Crippen molar-refractivity contribution in [2.75, 3.05) is 4.90 Å². The lowest BCUT2D eigenvalue weighted by molar-refractivity contribution is 0.459. The predicted octanol–water partition coefficient (Wildman–Crippen LogP) is 5.64. The minimum absolute atomic E-state index is 0.0445. The van der Waals surface area contributed by atoms with Gasteiger partial charge in [-0.05, 0) is 86.2 Å². The highest BCUT2D eigenvalue weighted by atomic mass is 16.5. The summed E-state index contributed by atoms with van der Waals surface area (Å²) in [6.07, 6.45) is 0. The minimum atomic E-state index is -0.0943. The van der Waals surface area contributed by atoms with Crippen LogP contribution in [0, 0.1) is 6.92 Å². The van der Waals surface area contributed by atoms with Crippen molar-refractivity contribution in [1.82, 2.24) is 0 Å². The van der Waals surface area contributed by atoms with Crippen LogP contribution in [0.1, 0.15) is 30.5 Å². The van der Waals surface area contributed by atoms with Crippen LogP contribution in [-0.2, 0) is 5.41 Å². The van der Waals surface area contributed by atoms with Crippen molar-refractivity contribution in [2.45, 2.75) is 26.2 Å². The number of anilines is 3. The quantitative estimate of drug-likeness (QED) is 0.219. The zero-order valence-corrected chi connectivity index (χ0v) is 25.3. The van der Waals surface area contributed by atoms with Gasteiger partial charge >= 0.3 is 0 Å². The fraction of sp³-hybridized carbons (Fsp3) is 0.100. The summed E-state index contributed by atoms with van der Waals surface area (Å²) in [5, 5.41) is 0. The first kappa shape index (κ1) is 24.2. The predicted molar refractivity (Wildman–Crippen MR) is 186 cm³/mol. The smallest absolute Gasteiger partial charge is 0.256 e. The third-order valence-electron chi connectivity index (χ3n) is 11.1. The lowest BCUT2D eigenvalue weighted by atomic mass is 9.29. The van der Waals surface area contributed by atoms with E-state index < -0.39 is 0 Å². The maximum Gasteiger partial charge on any atom is 0.256 e. The van der Waals surface area contributed by atoms with Crippen LogP contribution in [0.4, 0.5) is 17.1 Å². The third kappa shape index (κ3) is 2.74. The van der Waals surface area contributed by atoms with Crippen LogP contribution in [0.2, 0.25) is 0 Å². The maximum atomic E-state index is 6.90. The summed E-state index contributed by atoms with van der Waals surface area (Å²) in [5.74, 6) is 3.72. The van der Waals surface area contributed by atoms with Crippen molar-refractivity contribution in [2.24, 2.45) is 0 Å². The molecule has 0 unspecified atom stereocenters. The number of nitrogens with zero attached hydrogens (tertiary/aromatic N) is 1. The molecule has 1 aliphatic carbocycles. The van der Waals surface area contributed by atoms with E-state index in [1.54, 1.807) is 0 Å². The molecule has 0 N–H and O–H groups in total. The molecule has 0 aromatic heterocycles. The van der Waals surface area contributed by atoms with E-state index in [9.17, 15) is 0 Å². The molecule has 0 saturated carbocycles. The molecule has 0 bridgehead atoms. The van der Waals surface area contributed by atoms with Crippen molar-refractivity contribution in [3.05, 3.63) is 126 Å². The van der Waals surface area contributed by atoms with E-state index in [-0.39, 0.29) is 18.8 Å². The van der Waals surface area contributed by atoms with Gasteiger partial charge in [0.15, 0.2) is 0 Å². The summed E-state index contributed by atoms with van der Waals surface area (Å²) in [4.78, 5) is 2.54. The lowest BCUT2D eigenvalue weighted by Gasteiger charge is -2.48. The largest absolute Gasteiger partial charge is 0.458 e. The van der Waals surface area contributed by atoms with E-state index in [2.05, 4.69) is 135 Å². The molecule has 210 valence electrons. The van der Waals surface area contributed by atoms with Gasteiger partial charge in [-0.1, -0.05) is 98.8 Å². The summed E-state index contributed by atoms with van der Waals surface area (Å²) < 4.78 is 13.8. The van der Waals surface area contributed by atoms with Crippen LogP contribution < -0.4 is 47.2 Å². The molecule has 11 rings (SSSR count). The Bertz CT molecular complexity index is 2360. The second-order valence-electron chi connectivity index (χ2n) is 13.6. The van der Waals surface area contributed by atoms with Crippen LogP contribution in [0.15, 0.2) is 109 Å². The molecule has 4 heterocycles. The molecule has 0 fully saturated rings. The van der Waals surface area contributed by atoms with E-state index in [1.807, 2.05) is 0 Å². The molecular weight excluding hydrogens is 548 g/mol. The molecule has 5 aliphatic rings. The molecule has 0 saturated heterocycles. The Kier molecular flexibility index (Phi) is 4.26. The van der Waals surface area contributed by atoms with Gasteiger partial charge in [0.2, 0.25) is 0 Å². The zero-order chi connectivity index (χ0) is 29.8. The van der Waals surface area contributed by atoms with E-state index in [4.69, 9.17) is 9.47 Å². The number of hydrogen-bond donors (Lipinski definition) is 0. The second kappa shape index (κ2) is 7.92. The fourth-order valence-electron chi connectivity index (χ4n) is 9.19. The molecule has 6 aromatic carbocycles. The number of ether oxygens (including phenoxy) is 2. The van der Waals surface area contributed by atoms with Crippen LogP contribution in [0.25, 0.3) is 11.1 Å². The van der Waals surface area contributed by atoms with Crippen LogP contribution >= 0.6 is 0 Å². The molecule has 0 spiro atoms. The van der Waals surface area contributed by atoms with Crippen molar-refractivity contribution in [3.8, 4) is 34.1 Å². The Balaban J connectivity index is 1.32. The molecule has 4 aliphatic heterocycles. The van der Waals surface area contributed by atoms with Gasteiger partial charge in [0.1, 0.15) is 23.0 Å². The number of para-hydroxylation sites is 3. The Morgan fingerprint density at radius 3 is 1.84 bits per heavy atom. The number of hydrogen-bond acceptors (Lipinski definition) is 3. The molecule has 5 heteroatoms. The van der Waals surface area contributed by atoms with Gasteiger partial charge in [0.05, 0.1) is 0 Å². The maximum absolute atomic E-state index is 6.90. The van der Waals surface area contributed by atoms with E-state index in [1.165, 1.54) is 72.1 Å². The standard InChI is InChI=1S/C40H27B2NO2/c1-22-38-35-37-36-39(22)45-34-19-11-8-16-29(34)42(36)30-21-26-24(23-12-4-5-13-25(23)40(26,2)3)20-32(30)43(37)31-17-9-6-14-27(31)41(35)28-15-7-10-18-33(28)44-38/h4-21H,1-3H3. The van der Waals surface area contributed by atoms with Gasteiger partial charge in [0, 0.05) is 28.0 Å². The summed E-state index contributed by atoms with van der Waals surface area (Å²) in [6, 6.07) is 40.1. The van der Waals surface area contributed by atoms with Crippen LogP contribution in [0.3, 0.4) is 0 Å². The molecule has 45 heavy (non-hydrogen) atoms. The first-order valence-electron chi connectivity index (χ1n) is 15.9. The molecular formula is C40H27B2NO2. The SMILES string of the molecule is Cc1c2c3c4c5c1Oc1ccccc1B5c1cc5c(cc1N4c1ccccc1B3c1ccccc1O2)-c1ccccc1C5(C)C. The van der Waals surface area contributed by atoms with Gasteiger partial charge in [-0.25, -0.2) is 0 Å². The number of benzene rings is 6. The summed E-state index contributed by atoms with van der Waals surface area (Å²) in [6.45, 7) is 7.05. The Morgan fingerprint density at radius 2 is 1.13 bits per heavy atom. The summed E-state index contributed by atoms with van der Waals surface area (Å²) in [7, 11) is 0. The van der Waals surface area contributed by atoms with Crippen LogP contribution in [0.5, 0.6) is 23.0 Å². The van der Waals surface area contributed by atoms with Gasteiger partial charge in [-0.15, -0.1) is 0 Å². The number of rotatable bonds is 0. The highest BCUT2D eigenvalue weighted by Gasteiger charge is 2.52. The summed E-state index contributed by atoms with van der Waals surface area (Å²) in [5.41, 5.74) is 17.7. The zero-order valence-electron chi connectivity index (χ0n) is 25.3. The molecule has 6 aromatic rings. The van der Waals surface area contributed by atoms with E-state index in [0.29, 0.717) is 0 Å². The Morgan fingerprint density at radius 1 is 0.556 bits per heavy atom. The third-order valence-corrected chi connectivity index (χ3v) is 11.1. The normalized spacial score (nSPS) is 15.8. The van der Waals surface area contributed by atoms with E-state index in [0.717, 1.165) is 28.6 Å².